The van der Waals surface area contributed by atoms with Crippen LogP contribution in [-0.2, 0) is 0 Å². The number of rotatable bonds is 6. The highest BCUT2D eigenvalue weighted by molar-refractivity contribution is 5.95. The summed E-state index contributed by atoms with van der Waals surface area (Å²) in [5.41, 5.74) is 3.36. The van der Waals surface area contributed by atoms with Crippen molar-refractivity contribution in [2.24, 2.45) is 5.10 Å². The molecule has 0 aliphatic rings. The number of hydrogen-bond acceptors (Lipinski definition) is 6. The number of carbonyl (C=O) groups excluding carboxylic acids is 1. The molecule has 7 heteroatoms. The van der Waals surface area contributed by atoms with Crippen LogP contribution in [0.1, 0.15) is 15.9 Å². The number of amides is 1. The fraction of sp³-hybridized carbons (Fsp3) is 0.176. The quantitative estimate of drug-likeness (QED) is 0.626. The molecule has 0 heterocycles. The highest BCUT2D eigenvalue weighted by Gasteiger charge is 2.10. The molecule has 0 bridgehead atoms. The summed E-state index contributed by atoms with van der Waals surface area (Å²) in [6.07, 6.45) is 1.46. The summed E-state index contributed by atoms with van der Waals surface area (Å²) in [6.45, 7) is 0. The Bertz CT molecular complexity index is 759. The molecule has 2 N–H and O–H groups in total. The molecule has 0 atom stereocenters. The van der Waals surface area contributed by atoms with Gasteiger partial charge in [0, 0.05) is 11.1 Å². The lowest BCUT2D eigenvalue weighted by Crippen LogP contribution is -2.17. The van der Waals surface area contributed by atoms with E-state index in [-0.39, 0.29) is 11.5 Å². The minimum atomic E-state index is -0.439. The van der Waals surface area contributed by atoms with Gasteiger partial charge in [-0.15, -0.1) is 0 Å². The SMILES string of the molecule is COc1cc(C(=O)N/N=C/c2cccc(OC)c2OC)ccc1O. The van der Waals surface area contributed by atoms with E-state index in [2.05, 4.69) is 10.5 Å². The van der Waals surface area contributed by atoms with E-state index in [0.29, 0.717) is 22.6 Å². The van der Waals surface area contributed by atoms with E-state index >= 15 is 0 Å². The number of hydrogen-bond donors (Lipinski definition) is 2. The second kappa shape index (κ2) is 7.87. The van der Waals surface area contributed by atoms with Gasteiger partial charge in [0.15, 0.2) is 23.0 Å². The fourth-order valence-electron chi connectivity index (χ4n) is 2.06. The average molecular weight is 330 g/mol. The van der Waals surface area contributed by atoms with E-state index in [4.69, 9.17) is 14.2 Å². The van der Waals surface area contributed by atoms with E-state index in [1.807, 2.05) is 0 Å². The molecule has 126 valence electrons. The molecule has 0 unspecified atom stereocenters. The molecule has 24 heavy (non-hydrogen) atoms. The van der Waals surface area contributed by atoms with Crippen LogP contribution in [0.25, 0.3) is 0 Å². The van der Waals surface area contributed by atoms with Gasteiger partial charge in [0.1, 0.15) is 0 Å². The minimum Gasteiger partial charge on any atom is -0.504 e. The molecule has 7 nitrogen and oxygen atoms in total. The zero-order valence-electron chi connectivity index (χ0n) is 13.6. The molecule has 1 amide bonds. The Balaban J connectivity index is 2.13. The van der Waals surface area contributed by atoms with Crippen LogP contribution < -0.4 is 19.6 Å². The van der Waals surface area contributed by atoms with Crippen molar-refractivity contribution in [3.8, 4) is 23.0 Å². The van der Waals surface area contributed by atoms with E-state index < -0.39 is 5.91 Å². The van der Waals surface area contributed by atoms with Gasteiger partial charge in [0.05, 0.1) is 27.5 Å². The Kier molecular flexibility index (Phi) is 5.62. The smallest absolute Gasteiger partial charge is 0.271 e. The Morgan fingerprint density at radius 1 is 1.08 bits per heavy atom. The summed E-state index contributed by atoms with van der Waals surface area (Å²) >= 11 is 0. The number of nitrogens with one attached hydrogen (secondary N) is 1. The molecule has 2 aromatic rings. The average Bonchev–Trinajstić information content (AvgIpc) is 2.61. The number of hydrazone groups is 1. The monoisotopic (exact) mass is 330 g/mol. The summed E-state index contributed by atoms with van der Waals surface area (Å²) in [5, 5.41) is 13.5. The van der Waals surface area contributed by atoms with Crippen LogP contribution in [0.3, 0.4) is 0 Å². The van der Waals surface area contributed by atoms with Gasteiger partial charge in [-0.2, -0.15) is 5.10 Å². The third-order valence-electron chi connectivity index (χ3n) is 3.25. The lowest BCUT2D eigenvalue weighted by molar-refractivity contribution is 0.0954. The van der Waals surface area contributed by atoms with Gasteiger partial charge in [-0.1, -0.05) is 6.07 Å². The summed E-state index contributed by atoms with van der Waals surface area (Å²) in [7, 11) is 4.47. The van der Waals surface area contributed by atoms with Gasteiger partial charge in [0.2, 0.25) is 0 Å². The summed E-state index contributed by atoms with van der Waals surface area (Å²) in [4.78, 5) is 12.1. The van der Waals surface area contributed by atoms with E-state index in [0.717, 1.165) is 0 Å². The van der Waals surface area contributed by atoms with Crippen molar-refractivity contribution in [3.63, 3.8) is 0 Å². The third-order valence-corrected chi connectivity index (χ3v) is 3.25. The number of ether oxygens (including phenoxy) is 3. The highest BCUT2D eigenvalue weighted by Crippen LogP contribution is 2.29. The van der Waals surface area contributed by atoms with Crippen LogP contribution in [0.5, 0.6) is 23.0 Å². The number of phenols is 1. The van der Waals surface area contributed by atoms with Gasteiger partial charge in [0.25, 0.3) is 5.91 Å². The largest absolute Gasteiger partial charge is 0.504 e. The van der Waals surface area contributed by atoms with Crippen molar-refractivity contribution >= 4 is 12.1 Å². The van der Waals surface area contributed by atoms with Gasteiger partial charge in [-0.05, 0) is 30.3 Å². The Hall–Kier alpha value is -3.22. The van der Waals surface area contributed by atoms with Crippen molar-refractivity contribution < 1.29 is 24.1 Å². The van der Waals surface area contributed by atoms with Crippen molar-refractivity contribution in [3.05, 3.63) is 47.5 Å². The number of carbonyl (C=O) groups is 1. The standard InChI is InChI=1S/C17H18N2O5/c1-22-14-6-4-5-12(16(14)24-3)10-18-19-17(21)11-7-8-13(20)15(9-11)23-2/h4-10,20H,1-3H3,(H,19,21)/b18-10+. The van der Waals surface area contributed by atoms with Crippen LogP contribution in [0.4, 0.5) is 0 Å². The van der Waals surface area contributed by atoms with Crippen LogP contribution in [0, 0.1) is 0 Å². The first-order valence-corrected chi connectivity index (χ1v) is 7.02. The predicted molar refractivity (Wildman–Crippen MR) is 89.3 cm³/mol. The number of para-hydroxylation sites is 1. The molecule has 0 fully saturated rings. The molecular weight excluding hydrogens is 312 g/mol. The number of methoxy groups -OCH3 is 3. The molecule has 0 spiro atoms. The topological polar surface area (TPSA) is 89.4 Å². The summed E-state index contributed by atoms with van der Waals surface area (Å²) in [5.74, 6) is 0.812. The summed E-state index contributed by atoms with van der Waals surface area (Å²) < 4.78 is 15.4. The molecule has 2 rings (SSSR count). The first-order valence-electron chi connectivity index (χ1n) is 7.02. The van der Waals surface area contributed by atoms with E-state index in [1.54, 1.807) is 25.3 Å². The Morgan fingerprint density at radius 3 is 2.50 bits per heavy atom. The number of phenolic OH excluding ortho intramolecular Hbond substituents is 1. The first kappa shape index (κ1) is 17.1. The van der Waals surface area contributed by atoms with Crippen molar-refractivity contribution in [1.29, 1.82) is 0 Å². The highest BCUT2D eigenvalue weighted by atomic mass is 16.5. The van der Waals surface area contributed by atoms with Crippen molar-refractivity contribution in [1.82, 2.24) is 5.43 Å². The first-order chi connectivity index (χ1) is 11.6. The minimum absolute atomic E-state index is 0.0429. The molecule has 0 saturated carbocycles. The third kappa shape index (κ3) is 3.75. The van der Waals surface area contributed by atoms with Gasteiger partial charge in [-0.3, -0.25) is 4.79 Å². The van der Waals surface area contributed by atoms with E-state index in [1.165, 1.54) is 38.6 Å². The number of aromatic hydroxyl groups is 1. The van der Waals surface area contributed by atoms with Crippen LogP contribution in [0.2, 0.25) is 0 Å². The maximum Gasteiger partial charge on any atom is 0.271 e. The van der Waals surface area contributed by atoms with Crippen LogP contribution in [0.15, 0.2) is 41.5 Å². The number of nitrogens with zero attached hydrogens (tertiary/aromatic N) is 1. The molecule has 0 aliphatic carbocycles. The lowest BCUT2D eigenvalue weighted by atomic mass is 10.2. The second-order valence-electron chi connectivity index (χ2n) is 4.67. The Morgan fingerprint density at radius 2 is 1.83 bits per heavy atom. The fourth-order valence-corrected chi connectivity index (χ4v) is 2.06. The summed E-state index contributed by atoms with van der Waals surface area (Å²) in [6, 6.07) is 9.59. The molecule has 0 saturated heterocycles. The predicted octanol–water partition coefficient (Wildman–Crippen LogP) is 2.18. The Labute approximate surface area is 139 Å². The van der Waals surface area contributed by atoms with Gasteiger partial charge in [-0.25, -0.2) is 5.43 Å². The molecule has 0 aliphatic heterocycles. The van der Waals surface area contributed by atoms with Crippen LogP contribution >= 0.6 is 0 Å². The number of benzene rings is 2. The maximum absolute atomic E-state index is 12.1. The maximum atomic E-state index is 12.1. The zero-order chi connectivity index (χ0) is 17.5. The zero-order valence-corrected chi connectivity index (χ0v) is 13.6. The molecule has 0 aromatic heterocycles. The van der Waals surface area contributed by atoms with Crippen molar-refractivity contribution in [2.75, 3.05) is 21.3 Å². The molecular formula is C17H18N2O5. The van der Waals surface area contributed by atoms with Gasteiger partial charge < -0.3 is 19.3 Å². The normalized spacial score (nSPS) is 10.5. The lowest BCUT2D eigenvalue weighted by Gasteiger charge is -2.09. The van der Waals surface area contributed by atoms with E-state index in [9.17, 15) is 9.90 Å². The van der Waals surface area contributed by atoms with Crippen molar-refractivity contribution in [2.45, 2.75) is 0 Å². The molecule has 0 radical (unpaired) electrons. The second-order valence-corrected chi connectivity index (χ2v) is 4.67. The van der Waals surface area contributed by atoms with Gasteiger partial charge >= 0.3 is 0 Å². The van der Waals surface area contributed by atoms with Crippen LogP contribution in [-0.4, -0.2) is 38.6 Å². The molecule has 2 aromatic carbocycles.